The second-order valence-electron chi connectivity index (χ2n) is 11.8. The van der Waals surface area contributed by atoms with Crippen LogP contribution in [0.15, 0.2) is 24.3 Å². The van der Waals surface area contributed by atoms with Crippen LogP contribution < -0.4 is 15.4 Å². The van der Waals surface area contributed by atoms with E-state index in [0.717, 1.165) is 60.5 Å². The number of likely N-dealkylation sites (tertiary alicyclic amines) is 1. The monoisotopic (exact) mass is 541 g/mol. The van der Waals surface area contributed by atoms with E-state index in [0.29, 0.717) is 34.3 Å². The summed E-state index contributed by atoms with van der Waals surface area (Å²) in [4.78, 5) is 14.8. The van der Waals surface area contributed by atoms with Gasteiger partial charge in [-0.25, -0.2) is 0 Å². The molecule has 3 fully saturated rings. The highest BCUT2D eigenvalue weighted by atomic mass is 35.5. The third-order valence-electron chi connectivity index (χ3n) is 9.61. The largest absolute Gasteiger partial charge is 0.504 e. The summed E-state index contributed by atoms with van der Waals surface area (Å²) in [6.07, 6.45) is 6.68. The van der Waals surface area contributed by atoms with Crippen molar-refractivity contribution in [1.82, 2.24) is 10.2 Å². The number of carbonyl (C=O) groups is 1. The molecule has 1 amide bonds. The summed E-state index contributed by atoms with van der Waals surface area (Å²) < 4.78 is 6.75. The van der Waals surface area contributed by atoms with Crippen molar-refractivity contribution >= 4 is 34.8 Å². The maximum absolute atomic E-state index is 12.1. The Kier molecular flexibility index (Phi) is 5.71. The summed E-state index contributed by atoms with van der Waals surface area (Å²) in [6.45, 7) is 4.44. The number of carbonyl (C=O) groups excluding carboxylic acids is 1. The molecule has 1 spiro atoms. The Balaban J connectivity index is 1.27. The molecule has 0 aromatic heterocycles. The van der Waals surface area contributed by atoms with Crippen LogP contribution in [0.1, 0.15) is 55.7 Å². The van der Waals surface area contributed by atoms with Crippen LogP contribution in [0.2, 0.25) is 10.0 Å². The van der Waals surface area contributed by atoms with Gasteiger partial charge in [0.05, 0.1) is 10.0 Å². The molecule has 0 unspecified atom stereocenters. The van der Waals surface area contributed by atoms with Gasteiger partial charge < -0.3 is 20.5 Å². The lowest BCUT2D eigenvalue weighted by Crippen LogP contribution is -2.68. The number of anilines is 1. The van der Waals surface area contributed by atoms with E-state index >= 15 is 0 Å². The number of hydrogen-bond acceptors (Lipinski definition) is 5. The number of rotatable bonds is 6. The predicted molar refractivity (Wildman–Crippen MR) is 145 cm³/mol. The Labute approximate surface area is 227 Å². The minimum Gasteiger partial charge on any atom is -0.504 e. The van der Waals surface area contributed by atoms with Crippen molar-refractivity contribution < 1.29 is 14.6 Å². The molecule has 2 saturated carbocycles. The van der Waals surface area contributed by atoms with Crippen LogP contribution in [0.25, 0.3) is 0 Å². The minimum atomic E-state index is -0.160. The highest BCUT2D eigenvalue weighted by Gasteiger charge is 2.66. The Morgan fingerprint density at radius 3 is 2.78 bits per heavy atom. The zero-order chi connectivity index (χ0) is 25.5. The number of ether oxygens (including phenoxy) is 1. The molecule has 2 aliphatic heterocycles. The van der Waals surface area contributed by atoms with Gasteiger partial charge in [-0.15, -0.1) is 0 Å². The summed E-state index contributed by atoms with van der Waals surface area (Å²) in [6, 6.07) is 8.04. The van der Waals surface area contributed by atoms with Gasteiger partial charge in [0.25, 0.3) is 0 Å². The number of amides is 1. The van der Waals surface area contributed by atoms with Crippen LogP contribution in [0, 0.1) is 11.8 Å². The Bertz CT molecular complexity index is 1280. The zero-order valence-electron chi connectivity index (χ0n) is 21.0. The van der Waals surface area contributed by atoms with E-state index in [1.54, 1.807) is 6.07 Å². The lowest BCUT2D eigenvalue weighted by molar-refractivity contribution is -0.114. The second kappa shape index (κ2) is 8.77. The van der Waals surface area contributed by atoms with E-state index in [4.69, 9.17) is 27.9 Å². The first kappa shape index (κ1) is 24.1. The smallest absolute Gasteiger partial charge is 0.221 e. The van der Waals surface area contributed by atoms with E-state index in [9.17, 15) is 9.90 Å². The van der Waals surface area contributed by atoms with E-state index in [-0.39, 0.29) is 29.2 Å². The summed E-state index contributed by atoms with van der Waals surface area (Å²) >= 11 is 12.4. The normalized spacial score (nSPS) is 31.5. The first-order chi connectivity index (χ1) is 17.8. The maximum atomic E-state index is 12.1. The van der Waals surface area contributed by atoms with Crippen LogP contribution in [-0.2, 0) is 23.2 Å². The van der Waals surface area contributed by atoms with Crippen molar-refractivity contribution in [3.63, 3.8) is 0 Å². The van der Waals surface area contributed by atoms with Gasteiger partial charge in [0, 0.05) is 54.8 Å². The van der Waals surface area contributed by atoms with E-state index in [2.05, 4.69) is 15.5 Å². The quantitative estimate of drug-likeness (QED) is 0.464. The van der Waals surface area contributed by atoms with Gasteiger partial charge in [-0.1, -0.05) is 29.3 Å². The molecule has 8 heteroatoms. The second-order valence-corrected chi connectivity index (χ2v) is 12.6. The van der Waals surface area contributed by atoms with Gasteiger partial charge in [-0.05, 0) is 80.2 Å². The van der Waals surface area contributed by atoms with Gasteiger partial charge in [-0.3, -0.25) is 9.69 Å². The molecule has 5 aliphatic rings. The van der Waals surface area contributed by atoms with Crippen LogP contribution in [-0.4, -0.2) is 47.2 Å². The lowest BCUT2D eigenvalue weighted by atomic mass is 9.51. The van der Waals surface area contributed by atoms with Crippen LogP contribution in [0.4, 0.5) is 5.69 Å². The van der Waals surface area contributed by atoms with Gasteiger partial charge in [0.1, 0.15) is 6.10 Å². The molecule has 0 radical (unpaired) electrons. The van der Waals surface area contributed by atoms with Crippen LogP contribution >= 0.6 is 23.2 Å². The molecule has 2 aromatic rings. The first-order valence-electron chi connectivity index (χ1n) is 13.6. The fraction of sp³-hybridized carbons (Fsp3) is 0.552. The molecule has 3 aliphatic carbocycles. The van der Waals surface area contributed by atoms with Gasteiger partial charge in [0.2, 0.25) is 5.91 Å². The SMILES string of the molecule is CC(=O)Nc1cc(O)c2c3c1C[C@@H]1[C@@H]4CC[C@@H](NCc5ccc(Cl)c(Cl)c5)[C@H](O2)[C@]34CCN1CC1CC1. The molecular formula is C29H33Cl2N3O3. The molecule has 2 bridgehead atoms. The molecule has 3 N–H and O–H groups in total. The fourth-order valence-electron chi connectivity index (χ4n) is 7.98. The first-order valence-corrected chi connectivity index (χ1v) is 14.4. The predicted octanol–water partition coefficient (Wildman–Crippen LogP) is 5.27. The third kappa shape index (κ3) is 3.78. The van der Waals surface area contributed by atoms with Gasteiger partial charge >= 0.3 is 0 Å². The summed E-state index contributed by atoms with van der Waals surface area (Å²) in [5.74, 6) is 1.97. The van der Waals surface area contributed by atoms with Crippen molar-refractivity contribution in [2.75, 3.05) is 18.4 Å². The topological polar surface area (TPSA) is 73.8 Å². The minimum absolute atomic E-state index is 0.0628. The highest BCUT2D eigenvalue weighted by molar-refractivity contribution is 6.42. The number of nitrogens with zero attached hydrogens (tertiary/aromatic N) is 1. The summed E-state index contributed by atoms with van der Waals surface area (Å²) in [7, 11) is 0. The molecular weight excluding hydrogens is 509 g/mol. The number of phenolic OH excluding ortho intramolecular Hbond substituents is 1. The van der Waals surface area contributed by atoms with Crippen molar-refractivity contribution in [1.29, 1.82) is 0 Å². The van der Waals surface area contributed by atoms with Crippen molar-refractivity contribution in [3.8, 4) is 11.5 Å². The number of phenols is 1. The fourth-order valence-corrected chi connectivity index (χ4v) is 8.30. The number of hydrogen-bond donors (Lipinski definition) is 3. The molecule has 5 atom stereocenters. The van der Waals surface area contributed by atoms with Crippen LogP contribution in [0.5, 0.6) is 11.5 Å². The third-order valence-corrected chi connectivity index (χ3v) is 10.4. The Morgan fingerprint density at radius 2 is 2.03 bits per heavy atom. The molecule has 1 saturated heterocycles. The Morgan fingerprint density at radius 1 is 1.19 bits per heavy atom. The summed E-state index contributed by atoms with van der Waals surface area (Å²) in [5, 5.41) is 19.0. The highest BCUT2D eigenvalue weighted by Crippen LogP contribution is 2.65. The molecule has 6 nitrogen and oxygen atoms in total. The number of nitrogens with one attached hydrogen (secondary N) is 2. The van der Waals surface area contributed by atoms with Gasteiger partial charge in [-0.2, -0.15) is 0 Å². The molecule has 7 rings (SSSR count). The molecule has 196 valence electrons. The van der Waals surface area contributed by atoms with Crippen molar-refractivity contribution in [3.05, 3.63) is 51.0 Å². The number of piperidine rings is 1. The average Bonchev–Trinajstić information content (AvgIpc) is 3.61. The van der Waals surface area contributed by atoms with Crippen molar-refractivity contribution in [2.24, 2.45) is 11.8 Å². The molecule has 37 heavy (non-hydrogen) atoms. The summed E-state index contributed by atoms with van der Waals surface area (Å²) in [5.41, 5.74) is 4.00. The average molecular weight is 543 g/mol. The van der Waals surface area contributed by atoms with E-state index in [1.165, 1.54) is 26.3 Å². The van der Waals surface area contributed by atoms with Crippen LogP contribution in [0.3, 0.4) is 0 Å². The van der Waals surface area contributed by atoms with Gasteiger partial charge in [0.15, 0.2) is 11.5 Å². The standard InChI is InChI=1S/C29H33Cl2N3O3/c1-15(35)33-23-12-25(36)27-26-18(23)11-24-19-5-7-22(32-13-17-4-6-20(30)21(31)10-17)28(37-27)29(19,26)8-9-34(24)14-16-2-3-16/h4,6,10,12,16,19,22,24,28,32,36H,2-3,5,7-9,11,13-14H2,1H3,(H,33,35)/t19-,22+,24+,28-,29-/m0/s1. The maximum Gasteiger partial charge on any atom is 0.221 e. The number of benzene rings is 2. The molecule has 2 heterocycles. The Hall–Kier alpha value is -1.99. The lowest BCUT2D eigenvalue weighted by Gasteiger charge is -2.60. The van der Waals surface area contributed by atoms with Crippen molar-refractivity contribution in [2.45, 2.75) is 75.6 Å². The number of aromatic hydroxyl groups is 1. The van der Waals surface area contributed by atoms with E-state index in [1.807, 2.05) is 18.2 Å². The zero-order valence-corrected chi connectivity index (χ0v) is 22.5. The van der Waals surface area contributed by atoms with E-state index < -0.39 is 0 Å². The molecule has 2 aromatic carbocycles. The number of halogens is 2.